The average Bonchev–Trinajstić information content (AvgIpc) is 3.09. The molecule has 0 radical (unpaired) electrons. The Balaban J connectivity index is 2.26. The first kappa shape index (κ1) is 22.9. The van der Waals surface area contributed by atoms with Gasteiger partial charge in [-0.25, -0.2) is 17.3 Å². The van der Waals surface area contributed by atoms with E-state index in [2.05, 4.69) is 10.1 Å². The van der Waals surface area contributed by atoms with Crippen LogP contribution in [0.4, 0.5) is 14.6 Å². The smallest absolute Gasteiger partial charge is 0.223 e. The molecule has 0 aliphatic carbocycles. The first-order chi connectivity index (χ1) is 14.4. The number of nitrogens with two attached hydrogens (primary N) is 1. The quantitative estimate of drug-likeness (QED) is 0.550. The van der Waals surface area contributed by atoms with Crippen molar-refractivity contribution in [1.29, 1.82) is 0 Å². The van der Waals surface area contributed by atoms with Gasteiger partial charge in [0, 0.05) is 23.7 Å². The van der Waals surface area contributed by atoms with Gasteiger partial charge >= 0.3 is 0 Å². The second-order valence-electron chi connectivity index (χ2n) is 8.30. The summed E-state index contributed by atoms with van der Waals surface area (Å²) in [6.07, 6.45) is 2.64. The number of halogens is 2. The van der Waals surface area contributed by atoms with Crippen LogP contribution in [0.1, 0.15) is 27.7 Å². The number of aliphatic hydroxyl groups is 1. The molecule has 3 N–H and O–H groups in total. The minimum absolute atomic E-state index is 0.0412. The van der Waals surface area contributed by atoms with Crippen LogP contribution in [0.25, 0.3) is 16.6 Å². The number of aromatic nitrogens is 3. The molecule has 0 aliphatic rings. The third-order valence-corrected chi connectivity index (χ3v) is 7.27. The Bertz CT molecular complexity index is 1240. The predicted molar refractivity (Wildman–Crippen MR) is 111 cm³/mol. The molecular formula is C20H24F2N4O4S. The van der Waals surface area contributed by atoms with E-state index < -0.39 is 32.2 Å². The molecule has 1 atom stereocenters. The van der Waals surface area contributed by atoms with E-state index in [1.807, 2.05) is 0 Å². The third-order valence-electron chi connectivity index (χ3n) is 4.76. The Morgan fingerprint density at radius 2 is 1.94 bits per heavy atom. The molecule has 3 heterocycles. The summed E-state index contributed by atoms with van der Waals surface area (Å²) < 4.78 is 60.7. The minimum atomic E-state index is -3.89. The molecule has 0 fully saturated rings. The van der Waals surface area contributed by atoms with E-state index in [-0.39, 0.29) is 46.4 Å². The zero-order valence-corrected chi connectivity index (χ0v) is 18.4. The summed E-state index contributed by atoms with van der Waals surface area (Å²) in [5.41, 5.74) is 5.47. The summed E-state index contributed by atoms with van der Waals surface area (Å²) >= 11 is 0. The van der Waals surface area contributed by atoms with Gasteiger partial charge in [0.05, 0.1) is 29.3 Å². The number of anilines is 1. The maximum atomic E-state index is 14.4. The van der Waals surface area contributed by atoms with Crippen LogP contribution in [-0.2, 0) is 9.84 Å². The van der Waals surface area contributed by atoms with E-state index in [4.69, 9.17) is 10.5 Å². The monoisotopic (exact) mass is 454 g/mol. The number of nitrogen functional groups attached to an aromatic ring is 1. The zero-order chi connectivity index (χ0) is 23.1. The predicted octanol–water partition coefficient (Wildman–Crippen LogP) is 2.84. The maximum absolute atomic E-state index is 14.4. The third kappa shape index (κ3) is 4.19. The average molecular weight is 454 g/mol. The number of rotatable bonds is 6. The van der Waals surface area contributed by atoms with Gasteiger partial charge in [-0.2, -0.15) is 14.5 Å². The number of fused-ring (bicyclic) bond motifs is 1. The van der Waals surface area contributed by atoms with Gasteiger partial charge in [0.15, 0.2) is 27.2 Å². The Labute approximate surface area is 178 Å². The zero-order valence-electron chi connectivity index (χ0n) is 17.6. The molecule has 0 aromatic carbocycles. The molecular weight excluding hydrogens is 430 g/mol. The van der Waals surface area contributed by atoms with Gasteiger partial charge in [-0.15, -0.1) is 0 Å². The Morgan fingerprint density at radius 1 is 1.26 bits per heavy atom. The summed E-state index contributed by atoms with van der Waals surface area (Å²) in [4.78, 5) is 3.23. The highest BCUT2D eigenvalue weighted by molar-refractivity contribution is 7.92. The van der Waals surface area contributed by atoms with Gasteiger partial charge in [0.2, 0.25) is 5.95 Å². The highest BCUT2D eigenvalue weighted by atomic mass is 32.2. The van der Waals surface area contributed by atoms with E-state index in [0.717, 1.165) is 6.07 Å². The van der Waals surface area contributed by atoms with Crippen LogP contribution in [0.2, 0.25) is 0 Å². The van der Waals surface area contributed by atoms with Crippen LogP contribution < -0.4 is 10.5 Å². The van der Waals surface area contributed by atoms with E-state index in [1.54, 1.807) is 27.7 Å². The van der Waals surface area contributed by atoms with E-state index in [9.17, 15) is 22.3 Å². The van der Waals surface area contributed by atoms with E-state index in [0.29, 0.717) is 0 Å². The molecule has 3 aromatic rings. The lowest BCUT2D eigenvalue weighted by Gasteiger charge is -2.22. The molecule has 168 valence electrons. The molecule has 11 heteroatoms. The van der Waals surface area contributed by atoms with Crippen molar-refractivity contribution in [2.24, 2.45) is 5.92 Å². The van der Waals surface area contributed by atoms with E-state index >= 15 is 0 Å². The fourth-order valence-corrected chi connectivity index (χ4v) is 4.10. The van der Waals surface area contributed by atoms with Gasteiger partial charge in [-0.1, -0.05) is 6.92 Å². The molecule has 0 bridgehead atoms. The summed E-state index contributed by atoms with van der Waals surface area (Å²) in [5.74, 6) is -2.68. The van der Waals surface area contributed by atoms with Gasteiger partial charge < -0.3 is 15.6 Å². The van der Waals surface area contributed by atoms with Gasteiger partial charge in [-0.05, 0) is 32.9 Å². The van der Waals surface area contributed by atoms with Crippen LogP contribution in [0.3, 0.4) is 0 Å². The highest BCUT2D eigenvalue weighted by Gasteiger charge is 2.34. The van der Waals surface area contributed by atoms with Gasteiger partial charge in [-0.3, -0.25) is 0 Å². The number of hydrogen-bond donors (Lipinski definition) is 2. The van der Waals surface area contributed by atoms with Crippen LogP contribution in [0.15, 0.2) is 29.4 Å². The van der Waals surface area contributed by atoms with Crippen molar-refractivity contribution in [1.82, 2.24) is 14.6 Å². The molecule has 0 saturated heterocycles. The summed E-state index contributed by atoms with van der Waals surface area (Å²) in [7, 11) is -3.89. The normalized spacial score (nSPS) is 13.5. The number of sulfone groups is 1. The standard InChI is InChI=1S/C20H24F2N4O4S/c1-11(9-27)10-30-16-8-26-15(6-17(16)31(28,29)20(2,3)4)13(7-24-26)12-5-14(21)19(23)25-18(12)22/h5-8,11,27H,9-10H2,1-4H3,(H2,23,25)/t11-/m0/s1. The minimum Gasteiger partial charge on any atom is -0.490 e. The van der Waals surface area contributed by atoms with Crippen LogP contribution >= 0.6 is 0 Å². The molecule has 3 rings (SSSR count). The second kappa shape index (κ2) is 8.04. The van der Waals surface area contributed by atoms with Crippen molar-refractivity contribution < 1.29 is 27.0 Å². The fourth-order valence-electron chi connectivity index (χ4n) is 2.80. The number of hydrogen-bond acceptors (Lipinski definition) is 7. The second-order valence-corrected chi connectivity index (χ2v) is 11.0. The molecule has 0 amide bonds. The summed E-state index contributed by atoms with van der Waals surface area (Å²) in [5, 5.41) is 13.4. The fraction of sp³-hybridized carbons (Fsp3) is 0.400. The first-order valence-corrected chi connectivity index (χ1v) is 11.0. The van der Waals surface area contributed by atoms with Gasteiger partial charge in [0.1, 0.15) is 4.90 Å². The molecule has 0 aliphatic heterocycles. The molecule has 0 spiro atoms. The van der Waals surface area contributed by atoms with Crippen LogP contribution in [-0.4, -0.2) is 46.1 Å². The van der Waals surface area contributed by atoms with E-state index in [1.165, 1.54) is 23.0 Å². The largest absolute Gasteiger partial charge is 0.490 e. The Morgan fingerprint density at radius 3 is 2.55 bits per heavy atom. The van der Waals surface area contributed by atoms with Crippen molar-refractivity contribution in [2.75, 3.05) is 18.9 Å². The number of ether oxygens (including phenoxy) is 1. The number of pyridine rings is 2. The summed E-state index contributed by atoms with van der Waals surface area (Å²) in [6, 6.07) is 2.20. The molecule has 8 nitrogen and oxygen atoms in total. The highest BCUT2D eigenvalue weighted by Crippen LogP contribution is 2.36. The SMILES string of the molecule is C[C@@H](CO)COc1cn2ncc(-c3cc(F)c(N)nc3F)c2cc1S(=O)(=O)C(C)(C)C. The summed E-state index contributed by atoms with van der Waals surface area (Å²) in [6.45, 7) is 6.32. The van der Waals surface area contributed by atoms with Crippen LogP contribution in [0, 0.1) is 17.7 Å². The Kier molecular flexibility index (Phi) is 5.94. The maximum Gasteiger partial charge on any atom is 0.223 e. The molecule has 0 saturated carbocycles. The first-order valence-electron chi connectivity index (χ1n) is 9.48. The van der Waals surface area contributed by atoms with Crippen molar-refractivity contribution in [3.63, 3.8) is 0 Å². The van der Waals surface area contributed by atoms with Crippen LogP contribution in [0.5, 0.6) is 5.75 Å². The number of aliphatic hydroxyl groups excluding tert-OH is 1. The van der Waals surface area contributed by atoms with Gasteiger partial charge in [0.25, 0.3) is 0 Å². The van der Waals surface area contributed by atoms with Crippen molar-refractivity contribution in [3.05, 3.63) is 36.3 Å². The van der Waals surface area contributed by atoms with Crippen molar-refractivity contribution >= 4 is 21.2 Å². The lowest BCUT2D eigenvalue weighted by Crippen LogP contribution is -2.28. The Hall–Kier alpha value is -2.79. The lowest BCUT2D eigenvalue weighted by atomic mass is 10.1. The lowest BCUT2D eigenvalue weighted by molar-refractivity contribution is 0.171. The molecule has 3 aromatic heterocycles. The molecule has 0 unspecified atom stereocenters. The van der Waals surface area contributed by atoms with Crippen molar-refractivity contribution in [2.45, 2.75) is 37.3 Å². The van der Waals surface area contributed by atoms with Crippen molar-refractivity contribution in [3.8, 4) is 16.9 Å². The molecule has 31 heavy (non-hydrogen) atoms. The topological polar surface area (TPSA) is 120 Å². The number of nitrogens with zero attached hydrogens (tertiary/aromatic N) is 3.